The second kappa shape index (κ2) is 6.64. The van der Waals surface area contributed by atoms with E-state index in [1.807, 2.05) is 0 Å². The number of rotatable bonds is 4. The molecule has 21 heavy (non-hydrogen) atoms. The molecule has 118 valence electrons. The van der Waals surface area contributed by atoms with Gasteiger partial charge in [0, 0.05) is 36.2 Å². The molecule has 2 unspecified atom stereocenters. The Hall–Kier alpha value is -0.640. The Morgan fingerprint density at radius 3 is 2.81 bits per heavy atom. The minimum absolute atomic E-state index is 0.0844. The highest BCUT2D eigenvalue weighted by atomic mass is 35.5. The van der Waals surface area contributed by atoms with E-state index in [-0.39, 0.29) is 11.4 Å². The lowest BCUT2D eigenvalue weighted by molar-refractivity contribution is 0.0316. The molecule has 4 heteroatoms. The maximum Gasteiger partial charge on any atom is 0.123 e. The molecule has 1 saturated heterocycles. The van der Waals surface area contributed by atoms with Gasteiger partial charge in [0.05, 0.1) is 0 Å². The van der Waals surface area contributed by atoms with Crippen LogP contribution in [-0.2, 0) is 6.54 Å². The summed E-state index contributed by atoms with van der Waals surface area (Å²) >= 11 is 6.24. The Labute approximate surface area is 132 Å². The average Bonchev–Trinajstić information content (AvgIpc) is 2.45. The van der Waals surface area contributed by atoms with E-state index in [9.17, 15) is 4.39 Å². The van der Waals surface area contributed by atoms with Crippen molar-refractivity contribution in [2.75, 3.05) is 13.1 Å². The third-order valence-corrected chi connectivity index (χ3v) is 5.23. The molecule has 2 rings (SSSR count). The Morgan fingerprint density at radius 2 is 2.19 bits per heavy atom. The third-order valence-electron chi connectivity index (χ3n) is 4.86. The number of halogens is 2. The fourth-order valence-electron chi connectivity index (χ4n) is 2.91. The summed E-state index contributed by atoms with van der Waals surface area (Å²) in [4.78, 5) is 2.45. The van der Waals surface area contributed by atoms with Crippen LogP contribution in [0, 0.1) is 11.7 Å². The van der Waals surface area contributed by atoms with E-state index in [4.69, 9.17) is 11.6 Å². The van der Waals surface area contributed by atoms with Gasteiger partial charge in [-0.25, -0.2) is 4.39 Å². The van der Waals surface area contributed by atoms with Crippen molar-refractivity contribution in [1.29, 1.82) is 0 Å². The predicted octanol–water partition coefficient (Wildman–Crippen LogP) is 4.08. The summed E-state index contributed by atoms with van der Waals surface area (Å²) in [7, 11) is 0. The van der Waals surface area contributed by atoms with Gasteiger partial charge in [0.1, 0.15) is 5.82 Å². The minimum atomic E-state index is -0.219. The Kier molecular flexibility index (Phi) is 5.29. The van der Waals surface area contributed by atoms with Crippen molar-refractivity contribution in [2.45, 2.75) is 52.2 Å². The van der Waals surface area contributed by atoms with Crippen LogP contribution >= 0.6 is 11.6 Å². The normalized spacial score (nSPS) is 27.3. The lowest BCUT2D eigenvalue weighted by Gasteiger charge is -2.49. The highest BCUT2D eigenvalue weighted by molar-refractivity contribution is 6.31. The van der Waals surface area contributed by atoms with Crippen LogP contribution in [0.3, 0.4) is 0 Å². The SMILES string of the molecule is CCC1(C)CNC(C(C)C)CN1Cc1cc(F)ccc1Cl. The van der Waals surface area contributed by atoms with Gasteiger partial charge in [-0.05, 0) is 43.0 Å². The number of benzene rings is 1. The first-order valence-electron chi connectivity index (χ1n) is 7.78. The smallest absolute Gasteiger partial charge is 0.123 e. The van der Waals surface area contributed by atoms with Gasteiger partial charge in [0.25, 0.3) is 0 Å². The fraction of sp³-hybridized carbons (Fsp3) is 0.647. The van der Waals surface area contributed by atoms with Gasteiger partial charge in [-0.15, -0.1) is 0 Å². The molecule has 1 heterocycles. The number of piperazine rings is 1. The molecule has 1 aliphatic heterocycles. The van der Waals surface area contributed by atoms with E-state index in [0.29, 0.717) is 23.5 Å². The topological polar surface area (TPSA) is 15.3 Å². The van der Waals surface area contributed by atoms with Crippen LogP contribution in [0.2, 0.25) is 5.02 Å². The first-order chi connectivity index (χ1) is 9.85. The average molecular weight is 313 g/mol. The van der Waals surface area contributed by atoms with Crippen molar-refractivity contribution in [2.24, 2.45) is 5.92 Å². The zero-order chi connectivity index (χ0) is 15.6. The third kappa shape index (κ3) is 3.77. The van der Waals surface area contributed by atoms with Gasteiger partial charge >= 0.3 is 0 Å². The number of hydrogen-bond donors (Lipinski definition) is 1. The molecule has 2 nitrogen and oxygen atoms in total. The number of hydrogen-bond acceptors (Lipinski definition) is 2. The minimum Gasteiger partial charge on any atom is -0.311 e. The molecule has 1 aromatic carbocycles. The Balaban J connectivity index is 2.22. The number of nitrogens with one attached hydrogen (secondary N) is 1. The predicted molar refractivity (Wildman–Crippen MR) is 87.1 cm³/mol. The first kappa shape index (κ1) is 16.7. The molecule has 0 saturated carbocycles. The van der Waals surface area contributed by atoms with Crippen molar-refractivity contribution in [1.82, 2.24) is 10.2 Å². The molecule has 1 aromatic rings. The molecule has 0 amide bonds. The highest BCUT2D eigenvalue weighted by Crippen LogP contribution is 2.29. The van der Waals surface area contributed by atoms with Crippen molar-refractivity contribution in [3.05, 3.63) is 34.6 Å². The van der Waals surface area contributed by atoms with Crippen LogP contribution in [-0.4, -0.2) is 29.6 Å². The van der Waals surface area contributed by atoms with Crippen LogP contribution < -0.4 is 5.32 Å². The lowest BCUT2D eigenvalue weighted by atomic mass is 9.89. The van der Waals surface area contributed by atoms with E-state index in [1.165, 1.54) is 6.07 Å². The molecule has 2 atom stereocenters. The second-order valence-electron chi connectivity index (χ2n) is 6.70. The van der Waals surface area contributed by atoms with Crippen molar-refractivity contribution >= 4 is 11.6 Å². The van der Waals surface area contributed by atoms with E-state index >= 15 is 0 Å². The van der Waals surface area contributed by atoms with Crippen LogP contribution in [0.4, 0.5) is 4.39 Å². The van der Waals surface area contributed by atoms with E-state index < -0.39 is 0 Å². The Bertz CT molecular complexity index is 492. The quantitative estimate of drug-likeness (QED) is 0.901. The van der Waals surface area contributed by atoms with E-state index in [1.54, 1.807) is 12.1 Å². The maximum atomic E-state index is 13.5. The molecule has 0 bridgehead atoms. The molecular weight excluding hydrogens is 287 g/mol. The molecule has 1 fully saturated rings. The molecule has 0 spiro atoms. The van der Waals surface area contributed by atoms with Crippen LogP contribution in [0.1, 0.15) is 39.7 Å². The summed E-state index contributed by atoms with van der Waals surface area (Å²) in [5.74, 6) is 0.361. The van der Waals surface area contributed by atoms with Crippen LogP contribution in [0.15, 0.2) is 18.2 Å². The zero-order valence-electron chi connectivity index (χ0n) is 13.4. The van der Waals surface area contributed by atoms with Gasteiger partial charge in [0.2, 0.25) is 0 Å². The molecule has 0 radical (unpaired) electrons. The van der Waals surface area contributed by atoms with Crippen molar-refractivity contribution in [3.63, 3.8) is 0 Å². The zero-order valence-corrected chi connectivity index (χ0v) is 14.2. The highest BCUT2D eigenvalue weighted by Gasteiger charge is 2.37. The molecule has 0 aromatic heterocycles. The monoisotopic (exact) mass is 312 g/mol. The summed E-state index contributed by atoms with van der Waals surface area (Å²) in [6.07, 6.45) is 1.05. The van der Waals surface area contributed by atoms with Gasteiger partial charge in [-0.1, -0.05) is 32.4 Å². The lowest BCUT2D eigenvalue weighted by Crippen LogP contribution is -2.63. The standard InChI is InChI=1S/C17H26ClFN2/c1-5-17(4)11-20-16(12(2)3)10-21(17)9-13-8-14(19)6-7-15(13)18/h6-8,12,16,20H,5,9-11H2,1-4H3. The van der Waals surface area contributed by atoms with E-state index in [2.05, 4.69) is 37.9 Å². The van der Waals surface area contributed by atoms with Gasteiger partial charge < -0.3 is 5.32 Å². The summed E-state index contributed by atoms with van der Waals surface area (Å²) in [6.45, 7) is 11.6. The summed E-state index contributed by atoms with van der Waals surface area (Å²) in [6, 6.07) is 5.10. The molecule has 0 aliphatic carbocycles. The number of nitrogens with zero attached hydrogens (tertiary/aromatic N) is 1. The van der Waals surface area contributed by atoms with Crippen LogP contribution in [0.25, 0.3) is 0 Å². The first-order valence-corrected chi connectivity index (χ1v) is 8.16. The fourth-order valence-corrected chi connectivity index (χ4v) is 3.08. The van der Waals surface area contributed by atoms with Gasteiger partial charge in [-0.2, -0.15) is 0 Å². The van der Waals surface area contributed by atoms with E-state index in [0.717, 1.165) is 25.1 Å². The van der Waals surface area contributed by atoms with Crippen molar-refractivity contribution in [3.8, 4) is 0 Å². The summed E-state index contributed by atoms with van der Waals surface area (Å²) in [5.41, 5.74) is 0.960. The Morgan fingerprint density at radius 1 is 1.48 bits per heavy atom. The summed E-state index contributed by atoms with van der Waals surface area (Å²) in [5, 5.41) is 4.30. The van der Waals surface area contributed by atoms with Gasteiger partial charge in [0.15, 0.2) is 0 Å². The largest absolute Gasteiger partial charge is 0.311 e. The summed E-state index contributed by atoms with van der Waals surface area (Å²) < 4.78 is 13.5. The molecule has 1 N–H and O–H groups in total. The van der Waals surface area contributed by atoms with Crippen LogP contribution in [0.5, 0.6) is 0 Å². The van der Waals surface area contributed by atoms with Gasteiger partial charge in [-0.3, -0.25) is 4.90 Å². The second-order valence-corrected chi connectivity index (χ2v) is 7.11. The molecule has 1 aliphatic rings. The molecular formula is C17H26ClFN2. The maximum absolute atomic E-state index is 13.5. The van der Waals surface area contributed by atoms with Crippen molar-refractivity contribution < 1.29 is 4.39 Å².